The number of amides is 4. The van der Waals surface area contributed by atoms with Gasteiger partial charge in [-0.1, -0.05) is 12.1 Å². The van der Waals surface area contributed by atoms with E-state index in [1.54, 1.807) is 13.8 Å². The van der Waals surface area contributed by atoms with Crippen molar-refractivity contribution in [2.75, 3.05) is 6.54 Å². The van der Waals surface area contributed by atoms with Crippen molar-refractivity contribution in [2.45, 2.75) is 38.5 Å². The zero-order valence-electron chi connectivity index (χ0n) is 13.9. The maximum Gasteiger partial charge on any atom is 0.416 e. The Morgan fingerprint density at radius 1 is 1.32 bits per heavy atom. The minimum atomic E-state index is -4.57. The monoisotopic (exact) mass is 357 g/mol. The van der Waals surface area contributed by atoms with Crippen molar-refractivity contribution in [3.8, 4) is 0 Å². The van der Waals surface area contributed by atoms with Crippen LogP contribution in [0.5, 0.6) is 0 Å². The lowest BCUT2D eigenvalue weighted by Gasteiger charge is -2.23. The summed E-state index contributed by atoms with van der Waals surface area (Å²) in [5.74, 6) is -1.32. The molecule has 1 aliphatic heterocycles. The molecule has 0 spiro atoms. The summed E-state index contributed by atoms with van der Waals surface area (Å²) < 4.78 is 38.7. The Kier molecular flexibility index (Phi) is 4.79. The number of nitrogens with one attached hydrogen (secondary N) is 2. The van der Waals surface area contributed by atoms with Crippen LogP contribution in [0.3, 0.4) is 0 Å². The first-order chi connectivity index (χ1) is 11.4. The second-order valence-electron chi connectivity index (χ2n) is 6.25. The van der Waals surface area contributed by atoms with Gasteiger partial charge >= 0.3 is 12.2 Å². The van der Waals surface area contributed by atoms with E-state index in [4.69, 9.17) is 0 Å². The molecule has 1 aromatic rings. The van der Waals surface area contributed by atoms with Crippen LogP contribution in [0.4, 0.5) is 18.0 Å². The molecule has 1 heterocycles. The first-order valence-corrected chi connectivity index (χ1v) is 7.56. The molecule has 0 saturated carbocycles. The normalized spacial score (nSPS) is 20.8. The number of carbonyl (C=O) groups excluding carboxylic acids is 3. The molecule has 1 atom stereocenters. The predicted octanol–water partition coefficient (Wildman–Crippen LogP) is 2.00. The maximum absolute atomic E-state index is 12.9. The highest BCUT2D eigenvalue weighted by molar-refractivity contribution is 6.09. The number of benzene rings is 1. The van der Waals surface area contributed by atoms with Crippen molar-refractivity contribution < 1.29 is 27.6 Å². The van der Waals surface area contributed by atoms with Crippen LogP contribution in [0.2, 0.25) is 0 Å². The molecule has 25 heavy (non-hydrogen) atoms. The minimum absolute atomic E-state index is 0.00700. The number of nitrogens with zero attached hydrogens (tertiary/aromatic N) is 1. The van der Waals surface area contributed by atoms with E-state index in [0.29, 0.717) is 4.90 Å². The Balaban J connectivity index is 2.29. The molecule has 0 bridgehead atoms. The fraction of sp³-hybridized carbons (Fsp3) is 0.438. The summed E-state index contributed by atoms with van der Waals surface area (Å²) in [4.78, 5) is 37.2. The topological polar surface area (TPSA) is 78.5 Å². The van der Waals surface area contributed by atoms with Crippen molar-refractivity contribution in [3.63, 3.8) is 0 Å². The van der Waals surface area contributed by atoms with E-state index in [-0.39, 0.29) is 11.6 Å². The van der Waals surface area contributed by atoms with Gasteiger partial charge in [0, 0.05) is 6.04 Å². The van der Waals surface area contributed by atoms with Crippen LogP contribution in [0.15, 0.2) is 24.3 Å². The molecule has 0 radical (unpaired) electrons. The highest BCUT2D eigenvalue weighted by atomic mass is 19.4. The highest BCUT2D eigenvalue weighted by Crippen LogP contribution is 2.34. The number of halogens is 3. The summed E-state index contributed by atoms with van der Waals surface area (Å²) in [6.45, 7) is 4.24. The SMILES string of the molecule is CC(C)NC(=O)CN1C(=O)NC(C)(c2cccc(C(F)(F)F)c2)C1=O. The summed E-state index contributed by atoms with van der Waals surface area (Å²) >= 11 is 0. The van der Waals surface area contributed by atoms with Gasteiger partial charge in [0.1, 0.15) is 12.1 Å². The third-order valence-electron chi connectivity index (χ3n) is 3.79. The van der Waals surface area contributed by atoms with E-state index < -0.39 is 41.7 Å². The van der Waals surface area contributed by atoms with Crippen molar-refractivity contribution in [1.29, 1.82) is 0 Å². The van der Waals surface area contributed by atoms with E-state index in [2.05, 4.69) is 10.6 Å². The van der Waals surface area contributed by atoms with Gasteiger partial charge in [0.05, 0.1) is 5.56 Å². The van der Waals surface area contributed by atoms with Gasteiger partial charge in [-0.3, -0.25) is 14.5 Å². The smallest absolute Gasteiger partial charge is 0.352 e. The fourth-order valence-electron chi connectivity index (χ4n) is 2.55. The van der Waals surface area contributed by atoms with Crippen molar-refractivity contribution in [3.05, 3.63) is 35.4 Å². The van der Waals surface area contributed by atoms with Gasteiger partial charge in [-0.15, -0.1) is 0 Å². The van der Waals surface area contributed by atoms with Gasteiger partial charge < -0.3 is 10.6 Å². The zero-order valence-corrected chi connectivity index (χ0v) is 13.9. The third-order valence-corrected chi connectivity index (χ3v) is 3.79. The largest absolute Gasteiger partial charge is 0.416 e. The summed E-state index contributed by atoms with van der Waals surface area (Å²) in [6, 6.07) is 3.17. The Hall–Kier alpha value is -2.58. The Bertz CT molecular complexity index is 718. The van der Waals surface area contributed by atoms with E-state index in [9.17, 15) is 27.6 Å². The number of rotatable bonds is 4. The summed E-state index contributed by atoms with van der Waals surface area (Å²) in [6.07, 6.45) is -4.57. The molecule has 6 nitrogen and oxygen atoms in total. The van der Waals surface area contributed by atoms with Gasteiger partial charge in [0.25, 0.3) is 5.91 Å². The molecule has 136 valence electrons. The number of alkyl halides is 3. The molecule has 0 aliphatic carbocycles. The molecule has 2 N–H and O–H groups in total. The highest BCUT2D eigenvalue weighted by Gasteiger charge is 2.50. The molecule has 4 amide bonds. The molecule has 2 rings (SSSR count). The number of hydrogen-bond acceptors (Lipinski definition) is 3. The first kappa shape index (κ1) is 18.8. The standard InChI is InChI=1S/C16H18F3N3O3/c1-9(2)20-12(23)8-22-13(24)15(3,21-14(22)25)10-5-4-6-11(7-10)16(17,18)19/h4-7,9H,8H2,1-3H3,(H,20,23)(H,21,25). The first-order valence-electron chi connectivity index (χ1n) is 7.56. The Labute approximate surface area is 142 Å². The van der Waals surface area contributed by atoms with Gasteiger partial charge in [0.2, 0.25) is 5.91 Å². The third kappa shape index (κ3) is 3.75. The predicted molar refractivity (Wildman–Crippen MR) is 82.3 cm³/mol. The lowest BCUT2D eigenvalue weighted by atomic mass is 9.90. The van der Waals surface area contributed by atoms with Crippen LogP contribution >= 0.6 is 0 Å². The Morgan fingerprint density at radius 2 is 1.96 bits per heavy atom. The van der Waals surface area contributed by atoms with Gasteiger partial charge in [-0.25, -0.2) is 4.79 Å². The number of urea groups is 1. The number of carbonyl (C=O) groups is 3. The summed E-state index contributed by atoms with van der Waals surface area (Å²) in [5.41, 5.74) is -2.60. The van der Waals surface area contributed by atoms with Crippen molar-refractivity contribution >= 4 is 17.8 Å². The van der Waals surface area contributed by atoms with E-state index in [1.165, 1.54) is 13.0 Å². The lowest BCUT2D eigenvalue weighted by molar-refractivity contribution is -0.138. The van der Waals surface area contributed by atoms with Crippen LogP contribution in [0.1, 0.15) is 31.9 Å². The Morgan fingerprint density at radius 3 is 2.52 bits per heavy atom. The van der Waals surface area contributed by atoms with Crippen LogP contribution in [0.25, 0.3) is 0 Å². The molecule has 1 aromatic carbocycles. The molecule has 1 aliphatic rings. The second-order valence-corrected chi connectivity index (χ2v) is 6.25. The molecule has 1 unspecified atom stereocenters. The summed E-state index contributed by atoms with van der Waals surface area (Å²) in [5, 5.41) is 4.92. The summed E-state index contributed by atoms with van der Waals surface area (Å²) in [7, 11) is 0. The number of imide groups is 1. The molecule has 0 aromatic heterocycles. The van der Waals surface area contributed by atoms with E-state index in [0.717, 1.165) is 18.2 Å². The zero-order chi connectivity index (χ0) is 19.0. The molecular formula is C16H18F3N3O3. The average molecular weight is 357 g/mol. The lowest BCUT2D eigenvalue weighted by Crippen LogP contribution is -2.44. The van der Waals surface area contributed by atoms with Crippen LogP contribution in [-0.2, 0) is 21.3 Å². The minimum Gasteiger partial charge on any atom is -0.352 e. The van der Waals surface area contributed by atoms with Gasteiger partial charge in [-0.05, 0) is 38.5 Å². The molecular weight excluding hydrogens is 339 g/mol. The van der Waals surface area contributed by atoms with Crippen molar-refractivity contribution in [2.24, 2.45) is 0 Å². The molecule has 1 fully saturated rings. The van der Waals surface area contributed by atoms with Crippen LogP contribution in [0, 0.1) is 0 Å². The second kappa shape index (κ2) is 6.38. The quantitative estimate of drug-likeness (QED) is 0.809. The van der Waals surface area contributed by atoms with Crippen LogP contribution in [-0.4, -0.2) is 35.3 Å². The average Bonchev–Trinajstić information content (AvgIpc) is 2.70. The van der Waals surface area contributed by atoms with Crippen molar-refractivity contribution in [1.82, 2.24) is 15.5 Å². The maximum atomic E-state index is 12.9. The van der Waals surface area contributed by atoms with Gasteiger partial charge in [0.15, 0.2) is 0 Å². The molecule has 1 saturated heterocycles. The van der Waals surface area contributed by atoms with Crippen LogP contribution < -0.4 is 10.6 Å². The van der Waals surface area contributed by atoms with Gasteiger partial charge in [-0.2, -0.15) is 13.2 Å². The van der Waals surface area contributed by atoms with E-state index in [1.807, 2.05) is 0 Å². The fourth-order valence-corrected chi connectivity index (χ4v) is 2.55. The molecule has 9 heteroatoms. The number of hydrogen-bond donors (Lipinski definition) is 2. The van der Waals surface area contributed by atoms with E-state index >= 15 is 0 Å².